The normalized spacial score (nSPS) is 13.0. The fraction of sp³-hybridized carbons (Fsp3) is 0.0500. The second kappa shape index (κ2) is 6.85. The van der Waals surface area contributed by atoms with Crippen molar-refractivity contribution in [2.24, 2.45) is 4.99 Å². The molecule has 0 saturated carbocycles. The first kappa shape index (κ1) is 18.9. The zero-order chi connectivity index (χ0) is 21.6. The highest BCUT2D eigenvalue weighted by molar-refractivity contribution is 6.28. The van der Waals surface area contributed by atoms with E-state index in [0.29, 0.717) is 16.8 Å². The summed E-state index contributed by atoms with van der Waals surface area (Å²) in [5.74, 6) is 0. The van der Waals surface area contributed by atoms with Gasteiger partial charge in [-0.15, -0.1) is 0 Å². The third-order valence-corrected chi connectivity index (χ3v) is 4.77. The third-order valence-electron chi connectivity index (χ3n) is 4.77. The Morgan fingerprint density at radius 3 is 2.00 bits per heavy atom. The molecule has 1 aliphatic rings. The lowest BCUT2D eigenvalue weighted by atomic mass is 10.0. The zero-order valence-electron chi connectivity index (χ0n) is 15.4. The Morgan fingerprint density at radius 1 is 0.733 bits per heavy atom. The molecule has 1 aliphatic carbocycles. The van der Waals surface area contributed by atoms with Crippen molar-refractivity contribution in [3.63, 3.8) is 0 Å². The number of aryl methyl sites for hydroxylation is 1. The van der Waals surface area contributed by atoms with E-state index in [9.17, 15) is 30.3 Å². The highest BCUT2D eigenvalue weighted by atomic mass is 16.6. The molecule has 0 fully saturated rings. The molecular formula is C20H12N4O6. The topological polar surface area (TPSA) is 142 Å². The smallest absolute Gasteiger partial charge is 0.258 e. The van der Waals surface area contributed by atoms with E-state index in [1.165, 1.54) is 0 Å². The molecule has 0 bridgehead atoms. The van der Waals surface area contributed by atoms with E-state index in [4.69, 9.17) is 0 Å². The van der Waals surface area contributed by atoms with Gasteiger partial charge in [0.1, 0.15) is 0 Å². The van der Waals surface area contributed by atoms with Gasteiger partial charge in [0.2, 0.25) is 0 Å². The lowest BCUT2D eigenvalue weighted by Crippen LogP contribution is -2.08. The van der Waals surface area contributed by atoms with Crippen LogP contribution in [0.25, 0.3) is 11.1 Å². The molecular weight excluding hydrogens is 392 g/mol. The highest BCUT2D eigenvalue weighted by Crippen LogP contribution is 2.50. The van der Waals surface area contributed by atoms with Crippen LogP contribution in [0.5, 0.6) is 0 Å². The predicted octanol–water partition coefficient (Wildman–Crippen LogP) is 4.87. The maximum Gasteiger partial charge on any atom is 0.423 e. The summed E-state index contributed by atoms with van der Waals surface area (Å²) in [5, 5.41) is 34.9. The summed E-state index contributed by atoms with van der Waals surface area (Å²) in [6.07, 6.45) is 0. The average molecular weight is 404 g/mol. The summed E-state index contributed by atoms with van der Waals surface area (Å²) in [7, 11) is 0. The van der Waals surface area contributed by atoms with Crippen LogP contribution in [0, 0.1) is 37.3 Å². The number of benzene rings is 3. The van der Waals surface area contributed by atoms with Crippen LogP contribution in [0.1, 0.15) is 16.7 Å². The van der Waals surface area contributed by atoms with Crippen LogP contribution in [0.4, 0.5) is 22.7 Å². The van der Waals surface area contributed by atoms with Crippen molar-refractivity contribution in [1.29, 1.82) is 0 Å². The number of hydrogen-bond acceptors (Lipinski definition) is 7. The molecule has 3 aromatic rings. The Balaban J connectivity index is 2.16. The van der Waals surface area contributed by atoms with Gasteiger partial charge in [-0.25, -0.2) is 4.99 Å². The van der Waals surface area contributed by atoms with Crippen molar-refractivity contribution in [2.45, 2.75) is 6.92 Å². The summed E-state index contributed by atoms with van der Waals surface area (Å²) in [6, 6.07) is 14.8. The molecule has 0 aromatic heterocycles. The maximum atomic E-state index is 11.9. The Morgan fingerprint density at radius 2 is 1.40 bits per heavy atom. The fourth-order valence-corrected chi connectivity index (χ4v) is 3.60. The van der Waals surface area contributed by atoms with Crippen molar-refractivity contribution < 1.29 is 14.8 Å². The molecule has 0 atom stereocenters. The minimum atomic E-state index is -1.16. The zero-order valence-corrected chi connectivity index (χ0v) is 15.4. The minimum absolute atomic E-state index is 0.0972. The first-order chi connectivity index (χ1) is 14.3. The van der Waals surface area contributed by atoms with E-state index in [1.54, 1.807) is 42.5 Å². The van der Waals surface area contributed by atoms with E-state index in [1.807, 2.05) is 13.0 Å². The van der Waals surface area contributed by atoms with Gasteiger partial charge in [0, 0.05) is 17.2 Å². The summed E-state index contributed by atoms with van der Waals surface area (Å²) in [5.41, 5.74) is -0.392. The van der Waals surface area contributed by atoms with Gasteiger partial charge < -0.3 is 0 Å². The number of nitrogens with zero attached hydrogens (tertiary/aromatic N) is 4. The molecule has 148 valence electrons. The van der Waals surface area contributed by atoms with Crippen LogP contribution in [0.2, 0.25) is 0 Å². The molecule has 10 heteroatoms. The number of nitro benzene ring substituents is 3. The molecule has 0 unspecified atom stereocenters. The monoisotopic (exact) mass is 404 g/mol. The molecule has 0 saturated heterocycles. The van der Waals surface area contributed by atoms with Gasteiger partial charge in [0.05, 0.1) is 31.7 Å². The van der Waals surface area contributed by atoms with Gasteiger partial charge in [-0.05, 0) is 30.2 Å². The van der Waals surface area contributed by atoms with Crippen molar-refractivity contribution in [2.75, 3.05) is 0 Å². The Kier molecular flexibility index (Phi) is 4.31. The summed E-state index contributed by atoms with van der Waals surface area (Å²) < 4.78 is 0. The molecule has 0 amide bonds. The molecule has 0 radical (unpaired) electrons. The number of nitro groups is 3. The van der Waals surface area contributed by atoms with Crippen LogP contribution in [-0.4, -0.2) is 20.5 Å². The van der Waals surface area contributed by atoms with Gasteiger partial charge in [0.15, 0.2) is 0 Å². The molecule has 4 rings (SSSR count). The van der Waals surface area contributed by atoms with E-state index in [-0.39, 0.29) is 16.8 Å². The SMILES string of the molecule is Cc1cccc(N=C2c3ccccc3-c3cc([N+](=O)[O-])c([N+](=O)[O-])c([N+](=O)[O-])c32)c1. The van der Waals surface area contributed by atoms with Crippen LogP contribution in [0.3, 0.4) is 0 Å². The first-order valence-electron chi connectivity index (χ1n) is 8.69. The van der Waals surface area contributed by atoms with Crippen LogP contribution < -0.4 is 0 Å². The predicted molar refractivity (Wildman–Crippen MR) is 108 cm³/mol. The summed E-state index contributed by atoms with van der Waals surface area (Å²) in [6.45, 7) is 1.86. The van der Waals surface area contributed by atoms with Crippen molar-refractivity contribution in [3.05, 3.63) is 102 Å². The first-order valence-corrected chi connectivity index (χ1v) is 8.69. The Labute approximate surface area is 168 Å². The van der Waals surface area contributed by atoms with Gasteiger partial charge in [-0.2, -0.15) is 0 Å². The van der Waals surface area contributed by atoms with Crippen LogP contribution >= 0.6 is 0 Å². The molecule has 3 aromatic carbocycles. The van der Waals surface area contributed by atoms with Crippen molar-refractivity contribution >= 4 is 28.5 Å². The van der Waals surface area contributed by atoms with E-state index < -0.39 is 31.8 Å². The molecule has 0 aliphatic heterocycles. The minimum Gasteiger partial charge on any atom is -0.258 e. The molecule has 0 spiro atoms. The second-order valence-corrected chi connectivity index (χ2v) is 6.63. The standard InChI is InChI=1S/C20H12N4O6/c1-11-5-4-6-12(9-11)21-18-14-8-3-2-7-13(14)15-10-16(22(25)26)19(23(27)28)20(17(15)18)24(29)30/h2-10H,1H3. The molecule has 10 nitrogen and oxygen atoms in total. The van der Waals surface area contributed by atoms with E-state index in [2.05, 4.69) is 4.99 Å². The van der Waals surface area contributed by atoms with Crippen molar-refractivity contribution in [1.82, 2.24) is 0 Å². The molecule has 0 heterocycles. The third kappa shape index (κ3) is 2.87. The quantitative estimate of drug-likeness (QED) is 0.351. The van der Waals surface area contributed by atoms with Crippen molar-refractivity contribution in [3.8, 4) is 11.1 Å². The van der Waals surface area contributed by atoms with Gasteiger partial charge >= 0.3 is 17.1 Å². The highest BCUT2D eigenvalue weighted by Gasteiger charge is 2.45. The maximum absolute atomic E-state index is 11.9. The number of fused-ring (bicyclic) bond motifs is 3. The van der Waals surface area contributed by atoms with Gasteiger partial charge in [-0.1, -0.05) is 36.4 Å². The van der Waals surface area contributed by atoms with E-state index >= 15 is 0 Å². The number of hydrogen-bond donors (Lipinski definition) is 0. The Bertz CT molecular complexity index is 1300. The number of rotatable bonds is 4. The molecule has 30 heavy (non-hydrogen) atoms. The van der Waals surface area contributed by atoms with Gasteiger partial charge in [0.25, 0.3) is 0 Å². The van der Waals surface area contributed by atoms with E-state index in [0.717, 1.165) is 11.6 Å². The molecule has 0 N–H and O–H groups in total. The lowest BCUT2D eigenvalue weighted by Gasteiger charge is -2.05. The number of aliphatic imine (C=N–C) groups is 1. The fourth-order valence-electron chi connectivity index (χ4n) is 3.60. The summed E-state index contributed by atoms with van der Waals surface area (Å²) >= 11 is 0. The van der Waals surface area contributed by atoms with Crippen LogP contribution in [0.15, 0.2) is 59.6 Å². The largest absolute Gasteiger partial charge is 0.423 e. The lowest BCUT2D eigenvalue weighted by molar-refractivity contribution is -0.441. The summed E-state index contributed by atoms with van der Waals surface area (Å²) in [4.78, 5) is 36.5. The van der Waals surface area contributed by atoms with Gasteiger partial charge in [-0.3, -0.25) is 30.3 Å². The second-order valence-electron chi connectivity index (χ2n) is 6.63. The average Bonchev–Trinajstić information content (AvgIpc) is 3.00. The Hall–Kier alpha value is -4.47. The van der Waals surface area contributed by atoms with Crippen LogP contribution in [-0.2, 0) is 0 Å².